The summed E-state index contributed by atoms with van der Waals surface area (Å²) in [6, 6.07) is 11.5. The molecule has 1 aromatic carbocycles. The Hall–Kier alpha value is -2.43. The highest BCUT2D eigenvalue weighted by atomic mass is 16.1. The Bertz CT molecular complexity index is 638. The van der Waals surface area contributed by atoms with Crippen LogP contribution >= 0.6 is 0 Å². The molecule has 1 N–H and O–H groups in total. The first-order chi connectivity index (χ1) is 10.7. The Morgan fingerprint density at radius 1 is 1.18 bits per heavy atom. The number of nitrogens with zero attached hydrogens (tertiary/aromatic N) is 3. The molecular formula is C17H20N4O. The van der Waals surface area contributed by atoms with Gasteiger partial charge in [0.1, 0.15) is 5.69 Å². The van der Waals surface area contributed by atoms with Crippen LogP contribution in [0.5, 0.6) is 0 Å². The van der Waals surface area contributed by atoms with E-state index in [4.69, 9.17) is 0 Å². The standard InChI is InChI=1S/C17H20N4O/c1-13(14-7-3-2-4-8-14)19-16(22)15-9-10-18-17(20-15)21-11-5-6-12-21/h2-4,7-10,13H,5-6,11-12H2,1H3,(H,19,22). The van der Waals surface area contributed by atoms with Gasteiger partial charge in [0.05, 0.1) is 6.04 Å². The maximum atomic E-state index is 12.4. The fourth-order valence-electron chi connectivity index (χ4n) is 2.64. The monoisotopic (exact) mass is 296 g/mol. The van der Waals surface area contributed by atoms with Crippen molar-refractivity contribution in [1.82, 2.24) is 15.3 Å². The number of carbonyl (C=O) groups excluding carboxylic acids is 1. The van der Waals surface area contributed by atoms with Gasteiger partial charge in [0.25, 0.3) is 5.91 Å². The van der Waals surface area contributed by atoms with E-state index in [1.807, 2.05) is 37.3 Å². The topological polar surface area (TPSA) is 58.1 Å². The van der Waals surface area contributed by atoms with Gasteiger partial charge >= 0.3 is 0 Å². The Labute approximate surface area is 130 Å². The highest BCUT2D eigenvalue weighted by molar-refractivity contribution is 5.92. The van der Waals surface area contributed by atoms with E-state index < -0.39 is 0 Å². The third kappa shape index (κ3) is 3.24. The van der Waals surface area contributed by atoms with E-state index in [0.717, 1.165) is 31.5 Å². The molecule has 5 nitrogen and oxygen atoms in total. The second kappa shape index (κ2) is 6.56. The van der Waals surface area contributed by atoms with Crippen molar-refractivity contribution in [1.29, 1.82) is 0 Å². The number of aromatic nitrogens is 2. The van der Waals surface area contributed by atoms with Crippen LogP contribution in [0, 0.1) is 0 Å². The zero-order chi connectivity index (χ0) is 15.4. The minimum Gasteiger partial charge on any atom is -0.344 e. The van der Waals surface area contributed by atoms with Gasteiger partial charge in [0.2, 0.25) is 5.95 Å². The van der Waals surface area contributed by atoms with Crippen LogP contribution in [0.3, 0.4) is 0 Å². The number of anilines is 1. The second-order valence-electron chi connectivity index (χ2n) is 5.54. The molecule has 0 radical (unpaired) electrons. The quantitative estimate of drug-likeness (QED) is 0.942. The van der Waals surface area contributed by atoms with Crippen molar-refractivity contribution in [3.05, 3.63) is 53.9 Å². The minimum atomic E-state index is -0.167. The zero-order valence-corrected chi connectivity index (χ0v) is 12.7. The Balaban J connectivity index is 1.71. The predicted molar refractivity (Wildman–Crippen MR) is 85.8 cm³/mol. The molecule has 2 aromatic rings. The first-order valence-corrected chi connectivity index (χ1v) is 7.68. The summed E-state index contributed by atoms with van der Waals surface area (Å²) in [5.41, 5.74) is 1.49. The minimum absolute atomic E-state index is 0.0566. The van der Waals surface area contributed by atoms with Gasteiger partial charge in [-0.1, -0.05) is 30.3 Å². The highest BCUT2D eigenvalue weighted by Crippen LogP contribution is 2.16. The van der Waals surface area contributed by atoms with Crippen LogP contribution in [-0.2, 0) is 0 Å². The van der Waals surface area contributed by atoms with Gasteiger partial charge in [-0.3, -0.25) is 4.79 Å². The lowest BCUT2D eigenvalue weighted by molar-refractivity contribution is 0.0934. The van der Waals surface area contributed by atoms with Crippen molar-refractivity contribution in [3.63, 3.8) is 0 Å². The van der Waals surface area contributed by atoms with Crippen LogP contribution in [0.2, 0.25) is 0 Å². The first kappa shape index (κ1) is 14.5. The van der Waals surface area contributed by atoms with Gasteiger partial charge in [0.15, 0.2) is 0 Å². The van der Waals surface area contributed by atoms with E-state index in [0.29, 0.717) is 11.6 Å². The molecule has 1 aliphatic rings. The van der Waals surface area contributed by atoms with Gasteiger partial charge in [-0.25, -0.2) is 9.97 Å². The summed E-state index contributed by atoms with van der Waals surface area (Å²) < 4.78 is 0. The molecule has 22 heavy (non-hydrogen) atoms. The number of hydrogen-bond acceptors (Lipinski definition) is 4. The predicted octanol–water partition coefficient (Wildman–Crippen LogP) is 2.57. The van der Waals surface area contributed by atoms with Gasteiger partial charge < -0.3 is 10.2 Å². The van der Waals surface area contributed by atoms with Crippen LogP contribution in [0.4, 0.5) is 5.95 Å². The molecule has 1 atom stereocenters. The molecular weight excluding hydrogens is 276 g/mol. The number of rotatable bonds is 4. The second-order valence-corrected chi connectivity index (χ2v) is 5.54. The lowest BCUT2D eigenvalue weighted by Gasteiger charge is -2.17. The summed E-state index contributed by atoms with van der Waals surface area (Å²) >= 11 is 0. The molecule has 1 fully saturated rings. The van der Waals surface area contributed by atoms with Gasteiger partial charge in [-0.15, -0.1) is 0 Å². The molecule has 0 bridgehead atoms. The molecule has 5 heteroatoms. The molecule has 2 heterocycles. The van der Waals surface area contributed by atoms with Crippen molar-refractivity contribution < 1.29 is 4.79 Å². The van der Waals surface area contributed by atoms with Crippen LogP contribution in [0.15, 0.2) is 42.6 Å². The smallest absolute Gasteiger partial charge is 0.270 e. The van der Waals surface area contributed by atoms with E-state index >= 15 is 0 Å². The van der Waals surface area contributed by atoms with Crippen LogP contribution in [0.1, 0.15) is 41.9 Å². The molecule has 1 saturated heterocycles. The molecule has 0 aliphatic carbocycles. The first-order valence-electron chi connectivity index (χ1n) is 7.68. The van der Waals surface area contributed by atoms with Gasteiger partial charge in [-0.05, 0) is 31.4 Å². The van der Waals surface area contributed by atoms with E-state index in [-0.39, 0.29) is 11.9 Å². The SMILES string of the molecule is CC(NC(=O)c1ccnc(N2CCCC2)n1)c1ccccc1. The van der Waals surface area contributed by atoms with E-state index in [2.05, 4.69) is 20.2 Å². The summed E-state index contributed by atoms with van der Waals surface area (Å²) in [7, 11) is 0. The normalized spacial score (nSPS) is 15.6. The summed E-state index contributed by atoms with van der Waals surface area (Å²) in [4.78, 5) is 23.2. The zero-order valence-electron chi connectivity index (χ0n) is 12.7. The van der Waals surface area contributed by atoms with Crippen LogP contribution in [-0.4, -0.2) is 29.0 Å². The average Bonchev–Trinajstić information content (AvgIpc) is 3.10. The molecule has 1 unspecified atom stereocenters. The average molecular weight is 296 g/mol. The maximum absolute atomic E-state index is 12.4. The van der Waals surface area contributed by atoms with E-state index in [9.17, 15) is 4.79 Å². The molecule has 1 amide bonds. The van der Waals surface area contributed by atoms with E-state index in [1.165, 1.54) is 0 Å². The maximum Gasteiger partial charge on any atom is 0.270 e. The fraction of sp³-hybridized carbons (Fsp3) is 0.353. The molecule has 3 rings (SSSR count). The number of amides is 1. The van der Waals surface area contributed by atoms with Crippen LogP contribution < -0.4 is 10.2 Å². The van der Waals surface area contributed by atoms with Crippen LogP contribution in [0.25, 0.3) is 0 Å². The van der Waals surface area contributed by atoms with Crippen molar-refractivity contribution in [2.24, 2.45) is 0 Å². The number of carbonyl (C=O) groups is 1. The summed E-state index contributed by atoms with van der Waals surface area (Å²) in [5, 5.41) is 2.98. The van der Waals surface area contributed by atoms with E-state index in [1.54, 1.807) is 12.3 Å². The molecule has 0 saturated carbocycles. The lowest BCUT2D eigenvalue weighted by atomic mass is 10.1. The third-order valence-corrected chi connectivity index (χ3v) is 3.91. The lowest BCUT2D eigenvalue weighted by Crippen LogP contribution is -2.28. The van der Waals surface area contributed by atoms with Crippen molar-refractivity contribution in [2.45, 2.75) is 25.8 Å². The molecule has 0 spiro atoms. The van der Waals surface area contributed by atoms with Crippen molar-refractivity contribution in [2.75, 3.05) is 18.0 Å². The van der Waals surface area contributed by atoms with Gasteiger partial charge in [0, 0.05) is 19.3 Å². The Morgan fingerprint density at radius 3 is 2.64 bits per heavy atom. The molecule has 1 aliphatic heterocycles. The molecule has 114 valence electrons. The summed E-state index contributed by atoms with van der Waals surface area (Å²) in [5.74, 6) is 0.483. The molecule has 1 aromatic heterocycles. The van der Waals surface area contributed by atoms with Gasteiger partial charge in [-0.2, -0.15) is 0 Å². The Kier molecular flexibility index (Phi) is 4.32. The fourth-order valence-corrected chi connectivity index (χ4v) is 2.64. The van der Waals surface area contributed by atoms with Crippen molar-refractivity contribution >= 4 is 11.9 Å². The summed E-state index contributed by atoms with van der Waals surface area (Å²) in [6.07, 6.45) is 3.97. The van der Waals surface area contributed by atoms with Crippen molar-refractivity contribution in [3.8, 4) is 0 Å². The number of hydrogen-bond donors (Lipinski definition) is 1. The number of benzene rings is 1. The number of nitrogens with one attached hydrogen (secondary N) is 1. The largest absolute Gasteiger partial charge is 0.344 e. The highest BCUT2D eigenvalue weighted by Gasteiger charge is 2.18. The summed E-state index contributed by atoms with van der Waals surface area (Å²) in [6.45, 7) is 3.90. The Morgan fingerprint density at radius 2 is 1.91 bits per heavy atom. The third-order valence-electron chi connectivity index (χ3n) is 3.91.